The lowest BCUT2D eigenvalue weighted by Crippen LogP contribution is -2.33. The van der Waals surface area contributed by atoms with Crippen LogP contribution in [0.5, 0.6) is 0 Å². The van der Waals surface area contributed by atoms with Crippen molar-refractivity contribution in [2.45, 2.75) is 37.9 Å². The van der Waals surface area contributed by atoms with E-state index in [9.17, 15) is 10.2 Å². The van der Waals surface area contributed by atoms with Crippen LogP contribution in [-0.4, -0.2) is 22.4 Å². The van der Waals surface area contributed by atoms with Crippen molar-refractivity contribution >= 4 is 0 Å². The SMILES string of the molecule is C=C[C@@H](O)[C@H]1CCCC[C@@H]1O. The third-order valence-corrected chi connectivity index (χ3v) is 2.46. The summed E-state index contributed by atoms with van der Waals surface area (Å²) in [5.41, 5.74) is 0. The second-order valence-corrected chi connectivity index (χ2v) is 3.24. The molecule has 0 heterocycles. The van der Waals surface area contributed by atoms with Crippen LogP contribution in [0, 0.1) is 5.92 Å². The molecule has 0 aliphatic heterocycles. The van der Waals surface area contributed by atoms with Crippen molar-refractivity contribution in [3.63, 3.8) is 0 Å². The Morgan fingerprint density at radius 3 is 2.55 bits per heavy atom. The third kappa shape index (κ3) is 2.04. The molecule has 2 N–H and O–H groups in total. The van der Waals surface area contributed by atoms with Crippen molar-refractivity contribution < 1.29 is 10.2 Å². The zero-order valence-electron chi connectivity index (χ0n) is 6.74. The maximum atomic E-state index is 9.46. The van der Waals surface area contributed by atoms with Gasteiger partial charge in [-0.3, -0.25) is 0 Å². The smallest absolute Gasteiger partial charge is 0.0771 e. The van der Waals surface area contributed by atoms with Gasteiger partial charge in [-0.25, -0.2) is 0 Å². The van der Waals surface area contributed by atoms with Crippen molar-refractivity contribution in [1.29, 1.82) is 0 Å². The van der Waals surface area contributed by atoms with Gasteiger partial charge in [0.2, 0.25) is 0 Å². The van der Waals surface area contributed by atoms with E-state index >= 15 is 0 Å². The van der Waals surface area contributed by atoms with Crippen LogP contribution in [0.2, 0.25) is 0 Å². The van der Waals surface area contributed by atoms with Gasteiger partial charge in [0, 0.05) is 5.92 Å². The number of rotatable bonds is 2. The molecule has 1 rings (SSSR count). The number of hydrogen-bond donors (Lipinski definition) is 2. The van der Waals surface area contributed by atoms with Gasteiger partial charge in [-0.1, -0.05) is 18.9 Å². The van der Waals surface area contributed by atoms with Crippen LogP contribution >= 0.6 is 0 Å². The van der Waals surface area contributed by atoms with Crippen molar-refractivity contribution in [2.24, 2.45) is 5.92 Å². The van der Waals surface area contributed by atoms with E-state index < -0.39 is 6.10 Å². The molecule has 1 saturated carbocycles. The molecule has 0 aromatic heterocycles. The van der Waals surface area contributed by atoms with Gasteiger partial charge in [0.1, 0.15) is 0 Å². The molecule has 0 bridgehead atoms. The molecular weight excluding hydrogens is 140 g/mol. The first kappa shape index (κ1) is 8.75. The first-order chi connectivity index (χ1) is 5.25. The fourth-order valence-corrected chi connectivity index (χ4v) is 1.71. The van der Waals surface area contributed by atoms with E-state index in [-0.39, 0.29) is 12.0 Å². The Hall–Kier alpha value is -0.340. The zero-order valence-corrected chi connectivity index (χ0v) is 6.74. The summed E-state index contributed by atoms with van der Waals surface area (Å²) >= 11 is 0. The minimum Gasteiger partial charge on any atom is -0.393 e. The molecule has 2 nitrogen and oxygen atoms in total. The third-order valence-electron chi connectivity index (χ3n) is 2.46. The largest absolute Gasteiger partial charge is 0.393 e. The topological polar surface area (TPSA) is 40.5 Å². The van der Waals surface area contributed by atoms with Crippen LogP contribution < -0.4 is 0 Å². The zero-order chi connectivity index (χ0) is 8.27. The van der Waals surface area contributed by atoms with Crippen LogP contribution in [0.3, 0.4) is 0 Å². The maximum Gasteiger partial charge on any atom is 0.0771 e. The van der Waals surface area contributed by atoms with Gasteiger partial charge in [0.05, 0.1) is 12.2 Å². The molecule has 1 aliphatic carbocycles. The highest BCUT2D eigenvalue weighted by Crippen LogP contribution is 2.27. The molecule has 0 amide bonds. The molecule has 1 aliphatic rings. The molecule has 0 aromatic rings. The highest BCUT2D eigenvalue weighted by atomic mass is 16.3. The summed E-state index contributed by atoms with van der Waals surface area (Å²) in [4.78, 5) is 0. The number of hydrogen-bond acceptors (Lipinski definition) is 2. The average Bonchev–Trinajstić information content (AvgIpc) is 2.04. The lowest BCUT2D eigenvalue weighted by molar-refractivity contribution is 0.00787. The highest BCUT2D eigenvalue weighted by molar-refractivity contribution is 4.89. The first-order valence-electron chi connectivity index (χ1n) is 4.24. The van der Waals surface area contributed by atoms with Gasteiger partial charge in [-0.05, 0) is 12.8 Å². The lowest BCUT2D eigenvalue weighted by Gasteiger charge is -2.29. The Morgan fingerprint density at radius 1 is 1.36 bits per heavy atom. The standard InChI is InChI=1S/C9H16O2/c1-2-8(10)7-5-3-4-6-9(7)11/h2,7-11H,1,3-6H2/t7-,8-,9+/m1/s1. The first-order valence-corrected chi connectivity index (χ1v) is 4.24. The average molecular weight is 156 g/mol. The molecule has 1 fully saturated rings. The predicted octanol–water partition coefficient (Wildman–Crippen LogP) is 1.08. The van der Waals surface area contributed by atoms with Gasteiger partial charge in [-0.15, -0.1) is 6.58 Å². The number of aliphatic hydroxyl groups excluding tert-OH is 2. The maximum absolute atomic E-state index is 9.46. The van der Waals surface area contributed by atoms with Crippen molar-refractivity contribution in [3.8, 4) is 0 Å². The Labute approximate surface area is 67.6 Å². The lowest BCUT2D eigenvalue weighted by atomic mass is 9.83. The summed E-state index contributed by atoms with van der Waals surface area (Å²) in [6, 6.07) is 0. The molecular formula is C9H16O2. The second-order valence-electron chi connectivity index (χ2n) is 3.24. The monoisotopic (exact) mass is 156 g/mol. The van der Waals surface area contributed by atoms with Crippen LogP contribution in [0.1, 0.15) is 25.7 Å². The van der Waals surface area contributed by atoms with E-state index in [1.165, 1.54) is 6.08 Å². The Morgan fingerprint density at radius 2 is 2.00 bits per heavy atom. The van der Waals surface area contributed by atoms with E-state index in [0.717, 1.165) is 25.7 Å². The van der Waals surface area contributed by atoms with Crippen LogP contribution in [-0.2, 0) is 0 Å². The van der Waals surface area contributed by atoms with Gasteiger partial charge in [0.25, 0.3) is 0 Å². The molecule has 0 spiro atoms. The summed E-state index contributed by atoms with van der Waals surface area (Å²) in [7, 11) is 0. The van der Waals surface area contributed by atoms with E-state index in [4.69, 9.17) is 0 Å². The Balaban J connectivity index is 2.46. The van der Waals surface area contributed by atoms with E-state index in [0.29, 0.717) is 0 Å². The minimum absolute atomic E-state index is 0.0289. The molecule has 0 unspecified atom stereocenters. The molecule has 2 heteroatoms. The van der Waals surface area contributed by atoms with Crippen LogP contribution in [0.15, 0.2) is 12.7 Å². The molecule has 3 atom stereocenters. The van der Waals surface area contributed by atoms with E-state index in [1.54, 1.807) is 0 Å². The summed E-state index contributed by atoms with van der Waals surface area (Å²) in [5, 5.41) is 18.8. The Kier molecular flexibility index (Phi) is 3.09. The second kappa shape index (κ2) is 3.88. The summed E-state index contributed by atoms with van der Waals surface area (Å²) in [6.45, 7) is 3.51. The van der Waals surface area contributed by atoms with Gasteiger partial charge >= 0.3 is 0 Å². The van der Waals surface area contributed by atoms with Crippen LogP contribution in [0.4, 0.5) is 0 Å². The fourth-order valence-electron chi connectivity index (χ4n) is 1.71. The van der Waals surface area contributed by atoms with E-state index in [2.05, 4.69) is 6.58 Å². The van der Waals surface area contributed by atoms with Crippen molar-refractivity contribution in [3.05, 3.63) is 12.7 Å². The van der Waals surface area contributed by atoms with Gasteiger partial charge in [0.15, 0.2) is 0 Å². The molecule has 0 saturated heterocycles. The fraction of sp³-hybridized carbons (Fsp3) is 0.778. The summed E-state index contributed by atoms with van der Waals surface area (Å²) in [5.74, 6) is 0.0289. The highest BCUT2D eigenvalue weighted by Gasteiger charge is 2.27. The molecule has 11 heavy (non-hydrogen) atoms. The number of aliphatic hydroxyl groups is 2. The van der Waals surface area contributed by atoms with Crippen molar-refractivity contribution in [2.75, 3.05) is 0 Å². The minimum atomic E-state index is -0.523. The van der Waals surface area contributed by atoms with E-state index in [1.807, 2.05) is 0 Å². The Bertz CT molecular complexity index is 134. The van der Waals surface area contributed by atoms with Crippen molar-refractivity contribution in [1.82, 2.24) is 0 Å². The normalized spacial score (nSPS) is 34.7. The van der Waals surface area contributed by atoms with Gasteiger partial charge in [-0.2, -0.15) is 0 Å². The molecule has 0 radical (unpaired) electrons. The molecule has 0 aromatic carbocycles. The summed E-state index contributed by atoms with van der Waals surface area (Å²) < 4.78 is 0. The molecule has 64 valence electrons. The van der Waals surface area contributed by atoms with Gasteiger partial charge < -0.3 is 10.2 Å². The summed E-state index contributed by atoms with van der Waals surface area (Å²) in [6.07, 6.45) is 4.62. The predicted molar refractivity (Wildman–Crippen MR) is 44.2 cm³/mol. The quantitative estimate of drug-likeness (QED) is 0.587. The van der Waals surface area contributed by atoms with Crippen LogP contribution in [0.25, 0.3) is 0 Å².